The maximum absolute atomic E-state index is 10.1. The number of aromatic nitrogens is 2. The fourth-order valence-corrected chi connectivity index (χ4v) is 2.01. The predicted molar refractivity (Wildman–Crippen MR) is 53.8 cm³/mol. The van der Waals surface area contributed by atoms with Gasteiger partial charge in [0.05, 0.1) is 12.3 Å². The molecule has 1 aromatic heterocycles. The van der Waals surface area contributed by atoms with Crippen LogP contribution in [0.3, 0.4) is 0 Å². The second-order valence-electron chi connectivity index (χ2n) is 4.00. The van der Waals surface area contributed by atoms with E-state index in [-0.39, 0.29) is 6.10 Å². The van der Waals surface area contributed by atoms with Crippen LogP contribution in [0, 0.1) is 5.92 Å². The average molecular weight is 195 g/mol. The highest BCUT2D eigenvalue weighted by Crippen LogP contribution is 2.26. The molecule has 1 aliphatic heterocycles. The summed E-state index contributed by atoms with van der Waals surface area (Å²) >= 11 is 0. The largest absolute Gasteiger partial charge is 0.388 e. The molecule has 0 bridgehead atoms. The molecule has 1 aliphatic rings. The van der Waals surface area contributed by atoms with Crippen LogP contribution in [0.15, 0.2) is 12.4 Å². The van der Waals surface area contributed by atoms with E-state index >= 15 is 0 Å². The Labute approximate surface area is 83.9 Å². The van der Waals surface area contributed by atoms with E-state index in [0.717, 1.165) is 31.5 Å². The van der Waals surface area contributed by atoms with Crippen LogP contribution in [0.2, 0.25) is 0 Å². The first-order chi connectivity index (χ1) is 6.77. The molecule has 1 aromatic rings. The molecule has 2 rings (SSSR count). The van der Waals surface area contributed by atoms with E-state index in [4.69, 9.17) is 0 Å². The first-order valence-electron chi connectivity index (χ1n) is 5.14. The lowest BCUT2D eigenvalue weighted by Crippen LogP contribution is -2.33. The summed E-state index contributed by atoms with van der Waals surface area (Å²) in [5, 5.41) is 17.4. The average Bonchev–Trinajstić information content (AvgIpc) is 2.65. The van der Waals surface area contributed by atoms with Crippen LogP contribution >= 0.6 is 0 Å². The van der Waals surface area contributed by atoms with Gasteiger partial charge < -0.3 is 10.4 Å². The minimum Gasteiger partial charge on any atom is -0.388 e. The van der Waals surface area contributed by atoms with Gasteiger partial charge in [0.1, 0.15) is 0 Å². The van der Waals surface area contributed by atoms with Gasteiger partial charge in [-0.25, -0.2) is 0 Å². The van der Waals surface area contributed by atoms with Crippen LogP contribution in [0.5, 0.6) is 0 Å². The third-order valence-corrected chi connectivity index (χ3v) is 2.85. The first kappa shape index (κ1) is 9.68. The Morgan fingerprint density at radius 1 is 1.71 bits per heavy atom. The molecule has 4 heteroatoms. The van der Waals surface area contributed by atoms with Gasteiger partial charge in [-0.05, 0) is 19.4 Å². The van der Waals surface area contributed by atoms with Gasteiger partial charge in [0, 0.05) is 31.3 Å². The molecule has 0 spiro atoms. The predicted octanol–water partition coefficient (Wildman–Crippen LogP) is 0.453. The Morgan fingerprint density at radius 3 is 3.14 bits per heavy atom. The highest BCUT2D eigenvalue weighted by atomic mass is 16.3. The highest BCUT2D eigenvalue weighted by molar-refractivity contribution is 5.09. The molecule has 0 amide bonds. The van der Waals surface area contributed by atoms with Gasteiger partial charge >= 0.3 is 0 Å². The third kappa shape index (κ3) is 1.96. The maximum atomic E-state index is 10.1. The van der Waals surface area contributed by atoms with E-state index in [1.54, 1.807) is 10.9 Å². The van der Waals surface area contributed by atoms with Crippen molar-refractivity contribution in [2.24, 2.45) is 13.0 Å². The summed E-state index contributed by atoms with van der Waals surface area (Å²) in [6, 6.07) is 0. The zero-order valence-electron chi connectivity index (χ0n) is 8.48. The highest BCUT2D eigenvalue weighted by Gasteiger charge is 2.23. The minimum atomic E-state index is -0.364. The topological polar surface area (TPSA) is 50.1 Å². The summed E-state index contributed by atoms with van der Waals surface area (Å²) in [5.74, 6) is 0.341. The molecular formula is C10H17N3O. The Balaban J connectivity index is 2.03. The van der Waals surface area contributed by atoms with Crippen LogP contribution < -0.4 is 5.32 Å². The molecule has 2 unspecified atom stereocenters. The maximum Gasteiger partial charge on any atom is 0.0860 e. The quantitative estimate of drug-likeness (QED) is 0.720. The summed E-state index contributed by atoms with van der Waals surface area (Å²) in [6.45, 7) is 1.99. The lowest BCUT2D eigenvalue weighted by atomic mass is 9.91. The van der Waals surface area contributed by atoms with Crippen molar-refractivity contribution in [3.8, 4) is 0 Å². The standard InChI is InChI=1S/C10H17N3O/c1-13-7-9(6-12-13)10(14)8-3-2-4-11-5-8/h6-8,10-11,14H,2-5H2,1H3. The number of aryl methyl sites for hydroxylation is 1. The first-order valence-corrected chi connectivity index (χ1v) is 5.14. The van der Waals surface area contributed by atoms with Crippen molar-refractivity contribution < 1.29 is 5.11 Å². The van der Waals surface area contributed by atoms with Gasteiger partial charge in [-0.3, -0.25) is 4.68 Å². The third-order valence-electron chi connectivity index (χ3n) is 2.85. The van der Waals surface area contributed by atoms with Crippen LogP contribution in [-0.4, -0.2) is 28.0 Å². The Hall–Kier alpha value is -0.870. The number of nitrogens with zero attached hydrogens (tertiary/aromatic N) is 2. The van der Waals surface area contributed by atoms with Crippen molar-refractivity contribution in [2.75, 3.05) is 13.1 Å². The molecule has 2 heterocycles. The van der Waals surface area contributed by atoms with Crippen LogP contribution in [0.25, 0.3) is 0 Å². The van der Waals surface area contributed by atoms with E-state index in [2.05, 4.69) is 10.4 Å². The molecule has 1 saturated heterocycles. The van der Waals surface area contributed by atoms with Gasteiger partial charge in [-0.15, -0.1) is 0 Å². The van der Waals surface area contributed by atoms with E-state index in [9.17, 15) is 5.11 Å². The summed E-state index contributed by atoms with van der Waals surface area (Å²) in [5.41, 5.74) is 0.932. The molecule has 1 fully saturated rings. The zero-order valence-corrected chi connectivity index (χ0v) is 8.48. The zero-order chi connectivity index (χ0) is 9.97. The number of piperidine rings is 1. The Morgan fingerprint density at radius 2 is 2.57 bits per heavy atom. The minimum absolute atomic E-state index is 0.341. The Bertz CT molecular complexity index is 291. The molecule has 2 atom stereocenters. The van der Waals surface area contributed by atoms with Crippen LogP contribution in [0.1, 0.15) is 24.5 Å². The van der Waals surface area contributed by atoms with Crippen LogP contribution in [-0.2, 0) is 7.05 Å². The van der Waals surface area contributed by atoms with Crippen molar-refractivity contribution in [3.63, 3.8) is 0 Å². The van der Waals surface area contributed by atoms with Crippen molar-refractivity contribution in [2.45, 2.75) is 18.9 Å². The molecule has 0 aromatic carbocycles. The lowest BCUT2D eigenvalue weighted by molar-refractivity contribution is 0.0921. The van der Waals surface area contributed by atoms with Crippen LogP contribution in [0.4, 0.5) is 0 Å². The molecular weight excluding hydrogens is 178 g/mol. The Kier molecular flexibility index (Phi) is 2.84. The molecule has 78 valence electrons. The number of aliphatic hydroxyl groups excluding tert-OH is 1. The summed E-state index contributed by atoms with van der Waals surface area (Å²) in [4.78, 5) is 0. The molecule has 2 N–H and O–H groups in total. The number of hydrogen-bond acceptors (Lipinski definition) is 3. The molecule has 4 nitrogen and oxygen atoms in total. The molecule has 14 heavy (non-hydrogen) atoms. The van der Waals surface area contributed by atoms with E-state index in [1.807, 2.05) is 13.2 Å². The summed E-state index contributed by atoms with van der Waals surface area (Å²) in [6.07, 6.45) is 5.53. The van der Waals surface area contributed by atoms with Gasteiger partial charge in [0.15, 0.2) is 0 Å². The number of hydrogen-bond donors (Lipinski definition) is 2. The monoisotopic (exact) mass is 195 g/mol. The molecule has 0 saturated carbocycles. The van der Waals surface area contributed by atoms with Crippen molar-refractivity contribution >= 4 is 0 Å². The van der Waals surface area contributed by atoms with E-state index in [1.165, 1.54) is 0 Å². The fraction of sp³-hybridized carbons (Fsp3) is 0.700. The smallest absolute Gasteiger partial charge is 0.0860 e. The van der Waals surface area contributed by atoms with E-state index in [0.29, 0.717) is 5.92 Å². The van der Waals surface area contributed by atoms with Crippen molar-refractivity contribution in [1.29, 1.82) is 0 Å². The van der Waals surface area contributed by atoms with Crippen molar-refractivity contribution in [3.05, 3.63) is 18.0 Å². The lowest BCUT2D eigenvalue weighted by Gasteiger charge is -2.26. The number of aliphatic hydroxyl groups is 1. The van der Waals surface area contributed by atoms with Crippen molar-refractivity contribution in [1.82, 2.24) is 15.1 Å². The second kappa shape index (κ2) is 4.11. The normalized spacial score (nSPS) is 24.9. The summed E-state index contributed by atoms with van der Waals surface area (Å²) in [7, 11) is 1.87. The van der Waals surface area contributed by atoms with Gasteiger partial charge in [-0.1, -0.05) is 0 Å². The number of nitrogens with one attached hydrogen (secondary N) is 1. The number of rotatable bonds is 2. The second-order valence-corrected chi connectivity index (χ2v) is 4.00. The fourth-order valence-electron chi connectivity index (χ4n) is 2.01. The molecule has 0 radical (unpaired) electrons. The van der Waals surface area contributed by atoms with E-state index < -0.39 is 0 Å². The SMILES string of the molecule is Cn1cc(C(O)C2CCCNC2)cn1. The summed E-state index contributed by atoms with van der Waals surface area (Å²) < 4.78 is 1.73. The van der Waals surface area contributed by atoms with Gasteiger partial charge in [0.25, 0.3) is 0 Å². The van der Waals surface area contributed by atoms with Gasteiger partial charge in [0.2, 0.25) is 0 Å². The van der Waals surface area contributed by atoms with Gasteiger partial charge in [-0.2, -0.15) is 5.10 Å². The molecule has 0 aliphatic carbocycles.